The van der Waals surface area contributed by atoms with Crippen molar-refractivity contribution >= 4 is 5.78 Å². The molecule has 1 aromatic rings. The molecule has 2 nitrogen and oxygen atoms in total. The minimum absolute atomic E-state index is 0.338. The number of fused-ring (bicyclic) bond motifs is 1. The summed E-state index contributed by atoms with van der Waals surface area (Å²) >= 11 is 0. The van der Waals surface area contributed by atoms with E-state index in [1.807, 2.05) is 6.07 Å². The number of rotatable bonds is 0. The molecule has 0 saturated heterocycles. The molecule has 0 aromatic carbocycles. The Morgan fingerprint density at radius 3 is 3.18 bits per heavy atom. The van der Waals surface area contributed by atoms with E-state index in [0.29, 0.717) is 18.6 Å². The third-order valence-electron chi connectivity index (χ3n) is 2.08. The molecule has 0 aliphatic heterocycles. The maximum Gasteiger partial charge on any atom is 0.137 e. The van der Waals surface area contributed by atoms with Crippen LogP contribution in [0, 0.1) is 0 Å². The average molecular weight is 150 g/mol. The van der Waals surface area contributed by atoms with E-state index in [2.05, 4.69) is 0 Å². The van der Waals surface area contributed by atoms with Gasteiger partial charge in [-0.15, -0.1) is 0 Å². The molecule has 2 heteroatoms. The van der Waals surface area contributed by atoms with Gasteiger partial charge in [0.2, 0.25) is 0 Å². The van der Waals surface area contributed by atoms with Crippen molar-refractivity contribution in [3.8, 4) is 0 Å². The molecule has 0 atom stereocenters. The lowest BCUT2D eigenvalue weighted by Gasteiger charge is -1.91. The molecule has 1 aliphatic rings. The van der Waals surface area contributed by atoms with Crippen LogP contribution in [0.5, 0.6) is 0 Å². The number of Topliss-reactive ketones (excluding diaryl/α,β-unsaturated/α-hetero) is 1. The average Bonchev–Trinajstić information content (AvgIpc) is 2.31. The van der Waals surface area contributed by atoms with Gasteiger partial charge in [0.25, 0.3) is 0 Å². The van der Waals surface area contributed by atoms with Gasteiger partial charge in [0.05, 0.1) is 6.26 Å². The summed E-state index contributed by atoms with van der Waals surface area (Å²) in [5, 5.41) is 0. The minimum atomic E-state index is 0.338. The molecule has 0 unspecified atom stereocenters. The van der Waals surface area contributed by atoms with Gasteiger partial charge in [-0.3, -0.25) is 4.79 Å². The number of carbonyl (C=O) groups is 1. The van der Waals surface area contributed by atoms with Crippen molar-refractivity contribution < 1.29 is 9.21 Å². The van der Waals surface area contributed by atoms with Crippen LogP contribution in [0.25, 0.3) is 0 Å². The fraction of sp³-hybridized carbons (Fsp3) is 0.444. The fourth-order valence-corrected chi connectivity index (χ4v) is 1.49. The van der Waals surface area contributed by atoms with Gasteiger partial charge in [-0.25, -0.2) is 0 Å². The molecule has 1 heterocycles. The molecule has 0 saturated carbocycles. The zero-order valence-corrected chi connectivity index (χ0v) is 6.30. The number of ketones is 1. The van der Waals surface area contributed by atoms with E-state index in [9.17, 15) is 4.79 Å². The van der Waals surface area contributed by atoms with Gasteiger partial charge in [-0.1, -0.05) is 0 Å². The number of aryl methyl sites for hydroxylation is 1. The number of hydrogen-bond donors (Lipinski definition) is 0. The van der Waals surface area contributed by atoms with Crippen LogP contribution in [0.2, 0.25) is 0 Å². The lowest BCUT2D eigenvalue weighted by Crippen LogP contribution is -1.98. The summed E-state index contributed by atoms with van der Waals surface area (Å²) in [4.78, 5) is 11.1. The molecule has 11 heavy (non-hydrogen) atoms. The molecule has 1 aliphatic carbocycles. The second-order valence-electron chi connectivity index (χ2n) is 2.94. The Hall–Kier alpha value is -1.05. The maximum absolute atomic E-state index is 11.1. The van der Waals surface area contributed by atoms with E-state index < -0.39 is 0 Å². The predicted molar refractivity (Wildman–Crippen MR) is 40.4 cm³/mol. The van der Waals surface area contributed by atoms with Crippen LogP contribution in [0.1, 0.15) is 24.2 Å². The Balaban J connectivity index is 2.32. The van der Waals surface area contributed by atoms with Crippen molar-refractivity contribution in [1.82, 2.24) is 0 Å². The van der Waals surface area contributed by atoms with Crippen molar-refractivity contribution in [3.63, 3.8) is 0 Å². The molecule has 58 valence electrons. The molecular formula is C9H10O2. The Labute approximate surface area is 65.2 Å². The fourth-order valence-electron chi connectivity index (χ4n) is 1.49. The monoisotopic (exact) mass is 150 g/mol. The minimum Gasteiger partial charge on any atom is -0.469 e. The summed E-state index contributed by atoms with van der Waals surface area (Å²) in [6.07, 6.45) is 4.83. The lowest BCUT2D eigenvalue weighted by molar-refractivity contribution is -0.118. The topological polar surface area (TPSA) is 30.2 Å². The molecule has 0 fully saturated rings. The lowest BCUT2D eigenvalue weighted by atomic mass is 10.1. The quantitative estimate of drug-likeness (QED) is 0.527. The Bertz CT molecular complexity index is 273. The molecular weight excluding hydrogens is 140 g/mol. The summed E-state index contributed by atoms with van der Waals surface area (Å²) in [5.41, 5.74) is 1.09. The van der Waals surface area contributed by atoms with Gasteiger partial charge in [0.1, 0.15) is 11.5 Å². The largest absolute Gasteiger partial charge is 0.469 e. The summed E-state index contributed by atoms with van der Waals surface area (Å²) in [6.45, 7) is 0. The first-order valence-corrected chi connectivity index (χ1v) is 3.93. The first kappa shape index (κ1) is 6.65. The first-order valence-electron chi connectivity index (χ1n) is 3.93. The van der Waals surface area contributed by atoms with Gasteiger partial charge in [0.15, 0.2) is 0 Å². The van der Waals surface area contributed by atoms with Crippen LogP contribution in [-0.2, 0) is 17.6 Å². The highest BCUT2D eigenvalue weighted by Crippen LogP contribution is 2.18. The Kier molecular flexibility index (Phi) is 1.53. The Morgan fingerprint density at radius 2 is 2.27 bits per heavy atom. The van der Waals surface area contributed by atoms with E-state index in [1.54, 1.807) is 6.26 Å². The predicted octanol–water partition coefficient (Wildman–Crippen LogP) is 1.73. The highest BCUT2D eigenvalue weighted by molar-refractivity contribution is 5.81. The molecule has 0 N–H and O–H groups in total. The number of furan rings is 1. The van der Waals surface area contributed by atoms with E-state index >= 15 is 0 Å². The summed E-state index contributed by atoms with van der Waals surface area (Å²) < 4.78 is 5.23. The van der Waals surface area contributed by atoms with Gasteiger partial charge < -0.3 is 4.42 Å². The van der Waals surface area contributed by atoms with Crippen molar-refractivity contribution in [2.45, 2.75) is 25.7 Å². The highest BCUT2D eigenvalue weighted by Gasteiger charge is 2.14. The van der Waals surface area contributed by atoms with E-state index in [1.165, 1.54) is 0 Å². The second kappa shape index (κ2) is 2.53. The van der Waals surface area contributed by atoms with Gasteiger partial charge in [0, 0.05) is 24.8 Å². The zero-order valence-electron chi connectivity index (χ0n) is 6.30. The Morgan fingerprint density at radius 1 is 1.36 bits per heavy atom. The molecule has 1 aromatic heterocycles. The molecule has 0 bridgehead atoms. The SMILES string of the molecule is O=C1CCCc2occc2C1. The van der Waals surface area contributed by atoms with Crippen LogP contribution in [0.3, 0.4) is 0 Å². The zero-order chi connectivity index (χ0) is 7.68. The van der Waals surface area contributed by atoms with Crippen molar-refractivity contribution in [2.24, 2.45) is 0 Å². The second-order valence-corrected chi connectivity index (χ2v) is 2.94. The van der Waals surface area contributed by atoms with Crippen molar-refractivity contribution in [1.29, 1.82) is 0 Å². The van der Waals surface area contributed by atoms with Gasteiger partial charge >= 0.3 is 0 Å². The first-order chi connectivity index (χ1) is 5.36. The van der Waals surface area contributed by atoms with Crippen LogP contribution in [0.15, 0.2) is 16.7 Å². The molecule has 0 amide bonds. The third kappa shape index (κ3) is 1.20. The van der Waals surface area contributed by atoms with Gasteiger partial charge in [-0.05, 0) is 12.5 Å². The van der Waals surface area contributed by atoms with Crippen molar-refractivity contribution in [2.75, 3.05) is 0 Å². The smallest absolute Gasteiger partial charge is 0.137 e. The summed E-state index contributed by atoms with van der Waals surface area (Å²) in [7, 11) is 0. The van der Waals surface area contributed by atoms with E-state index in [4.69, 9.17) is 4.42 Å². The maximum atomic E-state index is 11.1. The van der Waals surface area contributed by atoms with Crippen LogP contribution in [-0.4, -0.2) is 5.78 Å². The van der Waals surface area contributed by atoms with Gasteiger partial charge in [-0.2, -0.15) is 0 Å². The van der Waals surface area contributed by atoms with Crippen LogP contribution >= 0.6 is 0 Å². The van der Waals surface area contributed by atoms with Crippen molar-refractivity contribution in [3.05, 3.63) is 23.7 Å². The van der Waals surface area contributed by atoms with E-state index in [0.717, 1.165) is 24.2 Å². The van der Waals surface area contributed by atoms with Crippen LogP contribution < -0.4 is 0 Å². The number of carbonyl (C=O) groups excluding carboxylic acids is 1. The molecule has 0 radical (unpaired) electrons. The van der Waals surface area contributed by atoms with E-state index in [-0.39, 0.29) is 0 Å². The standard InChI is InChI=1S/C9H10O2/c10-8-2-1-3-9-7(6-8)4-5-11-9/h4-5H,1-3,6H2. The summed E-state index contributed by atoms with van der Waals surface area (Å²) in [6, 6.07) is 1.90. The molecule has 0 spiro atoms. The number of hydrogen-bond acceptors (Lipinski definition) is 2. The normalized spacial score (nSPS) is 17.6. The molecule has 2 rings (SSSR count). The van der Waals surface area contributed by atoms with Crippen LogP contribution in [0.4, 0.5) is 0 Å². The highest BCUT2D eigenvalue weighted by atomic mass is 16.3. The third-order valence-corrected chi connectivity index (χ3v) is 2.08. The summed E-state index contributed by atoms with van der Waals surface area (Å²) in [5.74, 6) is 1.35.